The molecule has 3 saturated carbocycles. The summed E-state index contributed by atoms with van der Waals surface area (Å²) in [5.41, 5.74) is 0.680. The summed E-state index contributed by atoms with van der Waals surface area (Å²) < 4.78 is 0. The number of rotatable bonds is 1. The van der Waals surface area contributed by atoms with E-state index in [1.165, 1.54) is 0 Å². The van der Waals surface area contributed by atoms with E-state index in [-0.39, 0.29) is 0 Å². The van der Waals surface area contributed by atoms with Gasteiger partial charge in [0.25, 0.3) is 0 Å². The molecule has 0 N–H and O–H groups in total. The maximum absolute atomic E-state index is 2.62. The molecular weight excluding hydrogens is 227 g/mol. The summed E-state index contributed by atoms with van der Waals surface area (Å²) in [6.45, 7) is 8.87. The SMILES string of the molecule is CC1C([B-]2C3CCCC2CCC3)CC2CC1C2(C)C. The lowest BCUT2D eigenvalue weighted by Gasteiger charge is -2.69. The number of hydrogen-bond acceptors (Lipinski definition) is 0. The van der Waals surface area contributed by atoms with Gasteiger partial charge in [0.1, 0.15) is 0 Å². The zero-order chi connectivity index (χ0) is 13.2. The van der Waals surface area contributed by atoms with E-state index < -0.39 is 0 Å². The second-order valence-corrected chi connectivity index (χ2v) is 9.08. The van der Waals surface area contributed by atoms with Gasteiger partial charge in [0.2, 0.25) is 0 Å². The predicted molar refractivity (Wildman–Crippen MR) is 83.9 cm³/mol. The Hall–Kier alpha value is 0.0649. The van der Waals surface area contributed by atoms with E-state index in [1.54, 1.807) is 51.4 Å². The van der Waals surface area contributed by atoms with E-state index in [0.29, 0.717) is 5.41 Å². The molecule has 19 heavy (non-hydrogen) atoms. The van der Waals surface area contributed by atoms with Crippen molar-refractivity contribution in [3.05, 3.63) is 0 Å². The number of fused-ring (bicyclic) bond motifs is 5. The Labute approximate surface area is 120 Å². The van der Waals surface area contributed by atoms with Crippen LogP contribution in [0, 0.1) is 23.2 Å². The third-order valence-electron chi connectivity index (χ3n) is 8.30. The molecule has 5 aliphatic rings. The Morgan fingerprint density at radius 3 is 1.95 bits per heavy atom. The first kappa shape index (κ1) is 12.8. The second kappa shape index (κ2) is 4.28. The van der Waals surface area contributed by atoms with Crippen LogP contribution in [0.3, 0.4) is 0 Å². The van der Waals surface area contributed by atoms with Crippen molar-refractivity contribution in [2.75, 3.05) is 0 Å². The Bertz CT molecular complexity index is 339. The highest BCUT2D eigenvalue weighted by molar-refractivity contribution is 6.64. The lowest BCUT2D eigenvalue weighted by atomic mass is 9.18. The molecule has 5 fully saturated rings. The van der Waals surface area contributed by atoms with Gasteiger partial charge in [-0.1, -0.05) is 71.6 Å². The fourth-order valence-electron chi connectivity index (χ4n) is 7.12. The smallest absolute Gasteiger partial charge is 0.0297 e. The lowest BCUT2D eigenvalue weighted by molar-refractivity contribution is -0.0998. The van der Waals surface area contributed by atoms with Crippen LogP contribution < -0.4 is 0 Å². The Kier molecular flexibility index (Phi) is 2.88. The van der Waals surface area contributed by atoms with E-state index in [0.717, 1.165) is 41.9 Å². The summed E-state index contributed by atoms with van der Waals surface area (Å²) in [6, 6.07) is 0. The molecule has 4 unspecified atom stereocenters. The van der Waals surface area contributed by atoms with Crippen molar-refractivity contribution in [1.82, 2.24) is 0 Å². The standard InChI is InChI=1S/C18H31B/c1-12-16-10-13(18(16,2)3)11-17(12)19-14-6-4-7-15(19)9-5-8-14/h12-17H,4-11H2,1-3H3/q-1. The van der Waals surface area contributed by atoms with E-state index in [9.17, 15) is 0 Å². The molecular formula is C18H31B-. The first-order valence-electron chi connectivity index (χ1n) is 9.09. The fourth-order valence-corrected chi connectivity index (χ4v) is 7.12. The molecule has 0 spiro atoms. The average molecular weight is 258 g/mol. The van der Waals surface area contributed by atoms with Crippen molar-refractivity contribution in [2.45, 2.75) is 89.6 Å². The van der Waals surface area contributed by atoms with Gasteiger partial charge >= 0.3 is 0 Å². The van der Waals surface area contributed by atoms with Gasteiger partial charge in [-0.15, -0.1) is 6.71 Å². The zero-order valence-corrected chi connectivity index (χ0v) is 13.2. The summed E-state index contributed by atoms with van der Waals surface area (Å²) in [4.78, 5) is 0. The van der Waals surface area contributed by atoms with Crippen LogP contribution in [-0.4, -0.2) is 6.71 Å². The summed E-state index contributed by atoms with van der Waals surface area (Å²) in [6.07, 6.45) is 12.5. The minimum atomic E-state index is 0.680. The Morgan fingerprint density at radius 2 is 1.47 bits per heavy atom. The summed E-state index contributed by atoms with van der Waals surface area (Å²) in [7, 11) is 0. The molecule has 3 aliphatic carbocycles. The van der Waals surface area contributed by atoms with E-state index in [1.807, 2.05) is 0 Å². The molecule has 2 aliphatic heterocycles. The first-order chi connectivity index (χ1) is 9.09. The van der Waals surface area contributed by atoms with Gasteiger partial charge in [0.05, 0.1) is 0 Å². The minimum absolute atomic E-state index is 0.680. The van der Waals surface area contributed by atoms with Crippen LogP contribution in [0.1, 0.15) is 72.1 Å². The Morgan fingerprint density at radius 1 is 0.895 bits per heavy atom. The van der Waals surface area contributed by atoms with Crippen molar-refractivity contribution in [3.8, 4) is 0 Å². The maximum atomic E-state index is 2.62. The van der Waals surface area contributed by atoms with Gasteiger partial charge in [0.15, 0.2) is 0 Å². The summed E-state index contributed by atoms with van der Waals surface area (Å²) in [5.74, 6) is 6.50. The van der Waals surface area contributed by atoms with E-state index in [4.69, 9.17) is 0 Å². The quantitative estimate of drug-likeness (QED) is 0.532. The second-order valence-electron chi connectivity index (χ2n) is 9.08. The molecule has 1 radical (unpaired) electrons. The largest absolute Gasteiger partial charge is 0.196 e. The highest BCUT2D eigenvalue weighted by Crippen LogP contribution is 2.67. The molecule has 1 heteroatoms. The van der Waals surface area contributed by atoms with Gasteiger partial charge in [-0.3, -0.25) is 0 Å². The summed E-state index contributed by atoms with van der Waals surface area (Å²) >= 11 is 0. The third kappa shape index (κ3) is 1.72. The molecule has 5 rings (SSSR count). The lowest BCUT2D eigenvalue weighted by Crippen LogP contribution is -2.57. The van der Waals surface area contributed by atoms with Crippen LogP contribution in [0.5, 0.6) is 0 Å². The molecule has 2 heterocycles. The average Bonchev–Trinajstić information content (AvgIpc) is 2.37. The first-order valence-corrected chi connectivity index (χ1v) is 9.09. The topological polar surface area (TPSA) is 0 Å². The molecule has 0 aromatic heterocycles. The van der Waals surface area contributed by atoms with Gasteiger partial charge in [-0.25, -0.2) is 0 Å². The van der Waals surface area contributed by atoms with Gasteiger partial charge in [-0.05, 0) is 23.7 Å². The highest BCUT2D eigenvalue weighted by Gasteiger charge is 2.55. The van der Waals surface area contributed by atoms with Gasteiger partial charge in [0, 0.05) is 0 Å². The highest BCUT2D eigenvalue weighted by atomic mass is 14.6. The Balaban J connectivity index is 1.57. The monoisotopic (exact) mass is 258 g/mol. The molecule has 0 amide bonds. The van der Waals surface area contributed by atoms with Gasteiger partial charge in [-0.2, -0.15) is 17.5 Å². The van der Waals surface area contributed by atoms with Gasteiger partial charge < -0.3 is 0 Å². The molecule has 0 aromatic rings. The number of hydrogen-bond donors (Lipinski definition) is 0. The van der Waals surface area contributed by atoms with Crippen molar-refractivity contribution in [3.63, 3.8) is 0 Å². The summed E-state index contributed by atoms with van der Waals surface area (Å²) in [5, 5.41) is 0. The van der Waals surface area contributed by atoms with Crippen molar-refractivity contribution >= 4 is 6.71 Å². The predicted octanol–water partition coefficient (Wildman–Crippen LogP) is 5.66. The third-order valence-corrected chi connectivity index (χ3v) is 8.30. The molecule has 4 bridgehead atoms. The maximum Gasteiger partial charge on any atom is -0.0297 e. The van der Waals surface area contributed by atoms with Crippen molar-refractivity contribution in [2.24, 2.45) is 23.2 Å². The molecule has 2 saturated heterocycles. The van der Waals surface area contributed by atoms with Crippen LogP contribution in [-0.2, 0) is 0 Å². The minimum Gasteiger partial charge on any atom is -0.196 e. The van der Waals surface area contributed by atoms with E-state index >= 15 is 0 Å². The van der Waals surface area contributed by atoms with Crippen LogP contribution in [0.15, 0.2) is 0 Å². The zero-order valence-electron chi connectivity index (χ0n) is 13.2. The normalized spacial score (nSPS) is 52.6. The van der Waals surface area contributed by atoms with Crippen LogP contribution in [0.4, 0.5) is 0 Å². The fraction of sp³-hybridized carbons (Fsp3) is 1.00. The van der Waals surface area contributed by atoms with Crippen molar-refractivity contribution < 1.29 is 0 Å². The van der Waals surface area contributed by atoms with Crippen molar-refractivity contribution in [1.29, 1.82) is 0 Å². The van der Waals surface area contributed by atoms with Crippen LogP contribution in [0.25, 0.3) is 0 Å². The molecule has 107 valence electrons. The molecule has 0 aromatic carbocycles. The van der Waals surface area contributed by atoms with Crippen LogP contribution in [0.2, 0.25) is 17.5 Å². The molecule has 4 atom stereocenters. The molecule has 0 nitrogen and oxygen atoms in total. The van der Waals surface area contributed by atoms with Crippen LogP contribution >= 0.6 is 0 Å². The van der Waals surface area contributed by atoms with E-state index in [2.05, 4.69) is 20.8 Å².